The van der Waals surface area contributed by atoms with Gasteiger partial charge in [-0.05, 0) is 18.2 Å². The van der Waals surface area contributed by atoms with Crippen LogP contribution in [0.3, 0.4) is 0 Å². The molecule has 0 spiro atoms. The van der Waals surface area contributed by atoms with E-state index in [4.69, 9.17) is 10.00 Å². The lowest BCUT2D eigenvalue weighted by atomic mass is 10.1. The molecule has 2 aliphatic rings. The first-order chi connectivity index (χ1) is 17.0. The van der Waals surface area contributed by atoms with Crippen molar-refractivity contribution in [2.45, 2.75) is 24.8 Å². The monoisotopic (exact) mass is 512 g/mol. The Balaban J connectivity index is 1.37. The summed E-state index contributed by atoms with van der Waals surface area (Å²) in [6, 6.07) is 7.23. The molecule has 1 atom stereocenters. The van der Waals surface area contributed by atoms with Gasteiger partial charge in [-0.1, -0.05) is 0 Å². The van der Waals surface area contributed by atoms with Crippen molar-refractivity contribution in [2.75, 3.05) is 11.9 Å². The lowest BCUT2D eigenvalue weighted by Gasteiger charge is -2.31. The minimum absolute atomic E-state index is 0.0216. The number of carbonyl (C=O) groups excluding carboxylic acids is 1. The number of carbonyl (C=O) groups is 1. The molecule has 1 aliphatic carbocycles. The predicted octanol–water partition coefficient (Wildman–Crippen LogP) is 4.32. The maximum Gasteiger partial charge on any atom is 0.507 e. The first-order valence-corrected chi connectivity index (χ1v) is 10.1. The molecule has 0 radical (unpaired) electrons. The van der Waals surface area contributed by atoms with Crippen LogP contribution in [-0.4, -0.2) is 35.8 Å². The second kappa shape index (κ2) is 9.33. The van der Waals surface area contributed by atoms with Gasteiger partial charge in [-0.15, -0.1) is 0 Å². The molecule has 1 amide bonds. The van der Waals surface area contributed by atoms with E-state index in [0.717, 1.165) is 24.3 Å². The van der Waals surface area contributed by atoms with Crippen LogP contribution in [0, 0.1) is 11.3 Å². The van der Waals surface area contributed by atoms with Crippen molar-refractivity contribution in [3.8, 4) is 23.3 Å². The number of pyridine rings is 1. The van der Waals surface area contributed by atoms with Gasteiger partial charge in [0.1, 0.15) is 29.1 Å². The highest BCUT2D eigenvalue weighted by Crippen LogP contribution is 2.47. The first-order valence-electron chi connectivity index (χ1n) is 10.1. The van der Waals surface area contributed by atoms with Gasteiger partial charge >= 0.3 is 12.2 Å². The molecule has 1 aromatic carbocycles. The molecule has 0 bridgehead atoms. The van der Waals surface area contributed by atoms with E-state index in [2.05, 4.69) is 25.1 Å². The zero-order chi connectivity index (χ0) is 26.1. The maximum atomic E-state index is 14.5. The Kier molecular flexibility index (Phi) is 6.40. The van der Waals surface area contributed by atoms with E-state index >= 15 is 0 Å². The smallest absolute Gasteiger partial charge is 0.458 e. The van der Waals surface area contributed by atoms with Gasteiger partial charge in [0.25, 0.3) is 0 Å². The zero-order valence-corrected chi connectivity index (χ0v) is 17.8. The first kappa shape index (κ1) is 24.7. The Morgan fingerprint density at radius 3 is 2.61 bits per heavy atom. The molecule has 4 rings (SSSR count). The molecule has 1 aliphatic heterocycles. The van der Waals surface area contributed by atoms with Crippen LogP contribution in [0.2, 0.25) is 0 Å². The summed E-state index contributed by atoms with van der Waals surface area (Å²) in [6.45, 7) is -0.544. The van der Waals surface area contributed by atoms with Gasteiger partial charge in [0.05, 0.1) is 12.2 Å². The largest absolute Gasteiger partial charge is 0.507 e. The summed E-state index contributed by atoms with van der Waals surface area (Å²) in [5, 5.41) is 13.6. The standard InChI is InChI=1S/C22H14F6N4O4/c23-14-8-18(34-13-3-4-30-12(5-13)9-29)15(24)7-16(14)31-10-20(33)32-11-1-2-17-19(6-11)36-22(27,28)21(25,26)35-17/h1-6,8,15,31H,7,10H2,(H,32,33). The number of aromatic nitrogens is 1. The van der Waals surface area contributed by atoms with E-state index in [0.29, 0.717) is 0 Å². The van der Waals surface area contributed by atoms with Gasteiger partial charge in [-0.3, -0.25) is 4.79 Å². The SMILES string of the molecule is N#Cc1cc(OC2=CC(F)=C(NCC(=O)Nc3ccc4c(c3)OC(F)(F)C(F)(F)O4)CC2F)ccn1. The van der Waals surface area contributed by atoms with Crippen LogP contribution in [0.5, 0.6) is 17.2 Å². The fourth-order valence-electron chi connectivity index (χ4n) is 3.14. The number of nitrogens with zero attached hydrogens (tertiary/aromatic N) is 2. The van der Waals surface area contributed by atoms with Gasteiger partial charge in [0.15, 0.2) is 17.7 Å². The van der Waals surface area contributed by atoms with Crippen LogP contribution in [-0.2, 0) is 4.79 Å². The molecule has 0 saturated carbocycles. The lowest BCUT2D eigenvalue weighted by Crippen LogP contribution is -2.52. The van der Waals surface area contributed by atoms with Crippen LogP contribution in [0.4, 0.5) is 32.0 Å². The van der Waals surface area contributed by atoms with Gasteiger partial charge in [-0.2, -0.15) is 22.8 Å². The lowest BCUT2D eigenvalue weighted by molar-refractivity contribution is -0.391. The summed E-state index contributed by atoms with van der Waals surface area (Å²) in [5.74, 6) is -3.34. The molecule has 2 heterocycles. The van der Waals surface area contributed by atoms with E-state index in [-0.39, 0.29) is 28.6 Å². The number of allylic oxidation sites excluding steroid dienone is 4. The molecule has 14 heteroatoms. The minimum Gasteiger partial charge on any atom is -0.458 e. The van der Waals surface area contributed by atoms with Crippen molar-refractivity contribution in [3.63, 3.8) is 0 Å². The molecule has 2 aromatic rings. The molecule has 0 fully saturated rings. The number of nitrogens with one attached hydrogen (secondary N) is 2. The van der Waals surface area contributed by atoms with Crippen LogP contribution in [0.25, 0.3) is 0 Å². The molecule has 2 N–H and O–H groups in total. The Morgan fingerprint density at radius 2 is 1.89 bits per heavy atom. The number of amides is 1. The van der Waals surface area contributed by atoms with Crippen LogP contribution >= 0.6 is 0 Å². The Hall–Kier alpha value is -4.41. The Labute approximate surface area is 198 Å². The Morgan fingerprint density at radius 1 is 1.17 bits per heavy atom. The van der Waals surface area contributed by atoms with Crippen LogP contribution in [0.15, 0.2) is 59.9 Å². The number of benzene rings is 1. The van der Waals surface area contributed by atoms with Crippen LogP contribution < -0.4 is 24.8 Å². The number of hydrogen-bond acceptors (Lipinski definition) is 7. The molecule has 1 unspecified atom stereocenters. The molecule has 0 saturated heterocycles. The van der Waals surface area contributed by atoms with Crippen molar-refractivity contribution in [1.29, 1.82) is 5.26 Å². The average Bonchev–Trinajstić information content (AvgIpc) is 2.81. The number of anilines is 1. The molecule has 8 nitrogen and oxygen atoms in total. The molecule has 36 heavy (non-hydrogen) atoms. The second-order valence-electron chi connectivity index (χ2n) is 7.44. The number of hydrogen-bond donors (Lipinski definition) is 2. The van der Waals surface area contributed by atoms with Crippen LogP contribution in [0.1, 0.15) is 12.1 Å². The number of ether oxygens (including phenoxy) is 3. The second-order valence-corrected chi connectivity index (χ2v) is 7.44. The summed E-state index contributed by atoms with van der Waals surface area (Å²) in [6.07, 6.45) is -10.0. The Bertz CT molecular complexity index is 1310. The van der Waals surface area contributed by atoms with Crippen molar-refractivity contribution in [1.82, 2.24) is 10.3 Å². The number of nitriles is 1. The number of alkyl halides is 5. The van der Waals surface area contributed by atoms with E-state index < -0.39 is 54.6 Å². The third-order valence-electron chi connectivity index (χ3n) is 4.84. The highest BCUT2D eigenvalue weighted by atomic mass is 19.3. The van der Waals surface area contributed by atoms with Gasteiger partial charge in [0.2, 0.25) is 5.91 Å². The number of halogens is 6. The highest BCUT2D eigenvalue weighted by Gasteiger charge is 2.65. The van der Waals surface area contributed by atoms with Crippen molar-refractivity contribution in [2.24, 2.45) is 0 Å². The van der Waals surface area contributed by atoms with Crippen molar-refractivity contribution < 1.29 is 45.3 Å². The van der Waals surface area contributed by atoms with Crippen molar-refractivity contribution >= 4 is 11.6 Å². The third kappa shape index (κ3) is 5.14. The van der Waals surface area contributed by atoms with E-state index in [1.54, 1.807) is 6.07 Å². The quantitative estimate of drug-likeness (QED) is 0.556. The topological polar surface area (TPSA) is 106 Å². The fourth-order valence-corrected chi connectivity index (χ4v) is 3.14. The van der Waals surface area contributed by atoms with Gasteiger partial charge in [-0.25, -0.2) is 13.8 Å². The van der Waals surface area contributed by atoms with E-state index in [9.17, 15) is 31.1 Å². The number of fused-ring (bicyclic) bond motifs is 1. The van der Waals surface area contributed by atoms with Crippen molar-refractivity contribution in [3.05, 3.63) is 65.6 Å². The van der Waals surface area contributed by atoms with E-state index in [1.807, 2.05) is 0 Å². The average molecular weight is 512 g/mol. The number of rotatable bonds is 6. The zero-order valence-electron chi connectivity index (χ0n) is 17.8. The van der Waals surface area contributed by atoms with E-state index in [1.165, 1.54) is 18.3 Å². The summed E-state index contributed by atoms with van der Waals surface area (Å²) < 4.78 is 95.3. The normalized spacial score (nSPS) is 19.6. The summed E-state index contributed by atoms with van der Waals surface area (Å²) in [4.78, 5) is 15.9. The summed E-state index contributed by atoms with van der Waals surface area (Å²) >= 11 is 0. The highest BCUT2D eigenvalue weighted by molar-refractivity contribution is 5.92. The minimum atomic E-state index is -4.93. The molecule has 1 aromatic heterocycles. The predicted molar refractivity (Wildman–Crippen MR) is 110 cm³/mol. The van der Waals surface area contributed by atoms with Gasteiger partial charge < -0.3 is 24.8 Å². The summed E-state index contributed by atoms with van der Waals surface area (Å²) in [7, 11) is 0. The molecule has 188 valence electrons. The maximum absolute atomic E-state index is 14.5. The molecular weight excluding hydrogens is 498 g/mol. The summed E-state index contributed by atoms with van der Waals surface area (Å²) in [5.41, 5.74) is -0.314. The molecular formula is C22H14F6N4O4. The van der Waals surface area contributed by atoms with Gasteiger partial charge in [0, 0.05) is 36.5 Å². The fraction of sp³-hybridized carbons (Fsp3) is 0.227. The third-order valence-corrected chi connectivity index (χ3v) is 4.84.